The predicted molar refractivity (Wildman–Crippen MR) is 54.4 cm³/mol. The second kappa shape index (κ2) is 6.66. The van der Waals surface area contributed by atoms with Gasteiger partial charge < -0.3 is 14.7 Å². The summed E-state index contributed by atoms with van der Waals surface area (Å²) in [5.74, 6) is 0.249. The van der Waals surface area contributed by atoms with Crippen LogP contribution in [0.3, 0.4) is 0 Å². The topological polar surface area (TPSA) is 49.7 Å². The molecule has 0 amide bonds. The molecule has 13 heavy (non-hydrogen) atoms. The van der Waals surface area contributed by atoms with Gasteiger partial charge in [0, 0.05) is 0 Å². The SMILES string of the molecule is OB(O)Oc1ccc(Cl)c(Cl)c1.[KH]. The number of halogens is 2. The Kier molecular flexibility index (Phi) is 7.28. The minimum absolute atomic E-state index is 0. The molecule has 0 aliphatic carbocycles. The molecule has 0 bridgehead atoms. The van der Waals surface area contributed by atoms with Gasteiger partial charge in [-0.3, -0.25) is 0 Å². The standard InChI is InChI=1S/C6H5BCl2O3.K.H/c8-5-2-1-4(3-6(5)9)12-7(10)11;;/h1-3,10-11H;;. The van der Waals surface area contributed by atoms with Crippen LogP contribution in [0.1, 0.15) is 0 Å². The molecule has 2 N–H and O–H groups in total. The normalized spacial score (nSPS) is 8.92. The van der Waals surface area contributed by atoms with E-state index in [9.17, 15) is 0 Å². The van der Waals surface area contributed by atoms with Crippen molar-refractivity contribution in [1.29, 1.82) is 0 Å². The van der Waals surface area contributed by atoms with Crippen molar-refractivity contribution in [2.45, 2.75) is 0 Å². The van der Waals surface area contributed by atoms with Crippen LogP contribution in [-0.2, 0) is 0 Å². The monoisotopic (exact) mass is 246 g/mol. The fourth-order valence-electron chi connectivity index (χ4n) is 0.672. The number of hydrogen-bond donors (Lipinski definition) is 2. The molecule has 1 aromatic carbocycles. The Morgan fingerprint density at radius 3 is 2.23 bits per heavy atom. The van der Waals surface area contributed by atoms with Gasteiger partial charge in [-0.15, -0.1) is 0 Å². The molecule has 0 aliphatic heterocycles. The van der Waals surface area contributed by atoms with Gasteiger partial charge in [-0.1, -0.05) is 23.2 Å². The van der Waals surface area contributed by atoms with Gasteiger partial charge in [0.25, 0.3) is 0 Å². The first-order chi connectivity index (χ1) is 5.59. The Bertz CT molecular complexity index is 285. The van der Waals surface area contributed by atoms with E-state index in [2.05, 4.69) is 4.65 Å². The zero-order chi connectivity index (χ0) is 9.14. The molecule has 0 unspecified atom stereocenters. The van der Waals surface area contributed by atoms with Crippen LogP contribution in [0.4, 0.5) is 0 Å². The average Bonchev–Trinajstić information content (AvgIpc) is 1.96. The Hall–Kier alpha value is 1.22. The zero-order valence-electron chi connectivity index (χ0n) is 5.87. The summed E-state index contributed by atoms with van der Waals surface area (Å²) in [7, 11) is -1.85. The third-order valence-electron chi connectivity index (χ3n) is 1.13. The molecule has 0 aliphatic rings. The molecular weight excluding hydrogens is 241 g/mol. The summed E-state index contributed by atoms with van der Waals surface area (Å²) in [5, 5.41) is 17.5. The molecule has 3 nitrogen and oxygen atoms in total. The van der Waals surface area contributed by atoms with Gasteiger partial charge in [-0.2, -0.15) is 0 Å². The van der Waals surface area contributed by atoms with Crippen LogP contribution in [0.2, 0.25) is 10.0 Å². The molecule has 1 aromatic rings. The van der Waals surface area contributed by atoms with Crippen molar-refractivity contribution in [1.82, 2.24) is 0 Å². The van der Waals surface area contributed by atoms with Crippen LogP contribution in [0.5, 0.6) is 5.75 Å². The van der Waals surface area contributed by atoms with Gasteiger partial charge in [-0.25, -0.2) is 0 Å². The molecule has 0 fully saturated rings. The Balaban J connectivity index is 0.00000144. The predicted octanol–water partition coefficient (Wildman–Crippen LogP) is 0.693. The number of hydrogen-bond acceptors (Lipinski definition) is 3. The summed E-state index contributed by atoms with van der Waals surface area (Å²) in [4.78, 5) is 0. The van der Waals surface area contributed by atoms with E-state index in [1.807, 2.05) is 0 Å². The van der Waals surface area contributed by atoms with Crippen molar-refractivity contribution < 1.29 is 14.7 Å². The Labute approximate surface area is 129 Å². The molecule has 0 radical (unpaired) electrons. The fraction of sp³-hybridized carbons (Fsp3) is 0. The van der Waals surface area contributed by atoms with Crippen LogP contribution in [-0.4, -0.2) is 68.8 Å². The van der Waals surface area contributed by atoms with Gasteiger partial charge in [0.15, 0.2) is 0 Å². The molecule has 7 heteroatoms. The molecular formula is C6H6BCl2KO3. The van der Waals surface area contributed by atoms with Crippen LogP contribution >= 0.6 is 23.2 Å². The van der Waals surface area contributed by atoms with Crippen LogP contribution in [0.25, 0.3) is 0 Å². The van der Waals surface area contributed by atoms with E-state index in [0.717, 1.165) is 0 Å². The van der Waals surface area contributed by atoms with E-state index in [-0.39, 0.29) is 57.1 Å². The van der Waals surface area contributed by atoms with Crippen molar-refractivity contribution in [3.63, 3.8) is 0 Å². The quantitative estimate of drug-likeness (QED) is 0.756. The first-order valence-electron chi connectivity index (χ1n) is 3.07. The van der Waals surface area contributed by atoms with Crippen molar-refractivity contribution in [3.05, 3.63) is 28.2 Å². The second-order valence-corrected chi connectivity index (χ2v) is 2.83. The van der Waals surface area contributed by atoms with Gasteiger partial charge in [0.05, 0.1) is 10.0 Å². The second-order valence-electron chi connectivity index (χ2n) is 2.02. The van der Waals surface area contributed by atoms with E-state index in [1.165, 1.54) is 18.2 Å². The molecule has 0 aromatic heterocycles. The van der Waals surface area contributed by atoms with Crippen molar-refractivity contribution in [2.24, 2.45) is 0 Å². The van der Waals surface area contributed by atoms with Gasteiger partial charge in [0.1, 0.15) is 5.75 Å². The Morgan fingerprint density at radius 1 is 1.15 bits per heavy atom. The minimum atomic E-state index is -1.85. The molecule has 0 saturated carbocycles. The fourth-order valence-corrected chi connectivity index (χ4v) is 0.960. The maximum atomic E-state index is 8.42. The summed E-state index contributed by atoms with van der Waals surface area (Å²) in [5.41, 5.74) is 0. The van der Waals surface area contributed by atoms with E-state index >= 15 is 0 Å². The van der Waals surface area contributed by atoms with Crippen molar-refractivity contribution in [2.75, 3.05) is 0 Å². The van der Waals surface area contributed by atoms with E-state index < -0.39 is 7.32 Å². The summed E-state index contributed by atoms with van der Waals surface area (Å²) in [6.07, 6.45) is 0. The first kappa shape index (κ1) is 14.2. The van der Waals surface area contributed by atoms with Crippen molar-refractivity contribution >= 4 is 81.9 Å². The zero-order valence-corrected chi connectivity index (χ0v) is 7.38. The van der Waals surface area contributed by atoms with Gasteiger partial charge in [0.2, 0.25) is 0 Å². The van der Waals surface area contributed by atoms with E-state index in [0.29, 0.717) is 10.0 Å². The van der Waals surface area contributed by atoms with Crippen LogP contribution < -0.4 is 4.65 Å². The molecule has 0 heterocycles. The molecule has 0 saturated heterocycles. The van der Waals surface area contributed by atoms with Crippen LogP contribution in [0.15, 0.2) is 18.2 Å². The van der Waals surface area contributed by atoms with Gasteiger partial charge in [-0.05, 0) is 18.2 Å². The number of benzene rings is 1. The average molecular weight is 247 g/mol. The first-order valence-corrected chi connectivity index (χ1v) is 3.83. The number of rotatable bonds is 2. The summed E-state index contributed by atoms with van der Waals surface area (Å²) >= 11 is 11.2. The molecule has 0 spiro atoms. The Morgan fingerprint density at radius 2 is 1.77 bits per heavy atom. The van der Waals surface area contributed by atoms with Crippen LogP contribution in [0, 0.1) is 0 Å². The summed E-state index contributed by atoms with van der Waals surface area (Å²) < 4.78 is 4.52. The molecule has 0 atom stereocenters. The summed E-state index contributed by atoms with van der Waals surface area (Å²) in [6.45, 7) is 0. The van der Waals surface area contributed by atoms with E-state index in [1.54, 1.807) is 0 Å². The maximum absolute atomic E-state index is 8.42. The molecule has 66 valence electrons. The molecule has 1 rings (SSSR count). The van der Waals surface area contributed by atoms with E-state index in [4.69, 9.17) is 33.2 Å². The van der Waals surface area contributed by atoms with Gasteiger partial charge >= 0.3 is 58.7 Å². The van der Waals surface area contributed by atoms with Crippen molar-refractivity contribution in [3.8, 4) is 5.75 Å². The summed E-state index contributed by atoms with van der Waals surface area (Å²) in [6, 6.07) is 4.37. The third kappa shape index (κ3) is 5.01. The third-order valence-corrected chi connectivity index (χ3v) is 1.87.